The molecule has 0 saturated heterocycles. The van der Waals surface area contributed by atoms with Crippen molar-refractivity contribution >= 4 is 29.0 Å². The first kappa shape index (κ1) is 15.2. The van der Waals surface area contributed by atoms with Crippen molar-refractivity contribution in [3.8, 4) is 0 Å². The van der Waals surface area contributed by atoms with E-state index in [2.05, 4.69) is 10.3 Å². The molecule has 19 heavy (non-hydrogen) atoms. The van der Waals surface area contributed by atoms with Crippen LogP contribution < -0.4 is 5.32 Å². The second-order valence-electron chi connectivity index (χ2n) is 3.70. The first-order valence-corrected chi connectivity index (χ1v) is 6.19. The van der Waals surface area contributed by atoms with E-state index >= 15 is 0 Å². The predicted molar refractivity (Wildman–Crippen MR) is 72.3 cm³/mol. The van der Waals surface area contributed by atoms with Gasteiger partial charge in [-0.2, -0.15) is 0 Å². The quantitative estimate of drug-likeness (QED) is 0.637. The first-order chi connectivity index (χ1) is 8.99. The number of pyridine rings is 1. The molecule has 0 saturated carbocycles. The third kappa shape index (κ3) is 4.06. The Labute approximate surface area is 115 Å². The lowest BCUT2D eigenvalue weighted by Crippen LogP contribution is -2.35. The molecule has 1 rings (SSSR count). The number of nitrogens with one attached hydrogen (secondary N) is 1. The van der Waals surface area contributed by atoms with E-state index in [4.69, 9.17) is 11.6 Å². The van der Waals surface area contributed by atoms with Crippen LogP contribution in [0.1, 0.15) is 13.8 Å². The van der Waals surface area contributed by atoms with Gasteiger partial charge in [0.25, 0.3) is 0 Å². The molecule has 0 spiro atoms. The van der Waals surface area contributed by atoms with Gasteiger partial charge in [0.1, 0.15) is 0 Å². The number of nitrogens with zero attached hydrogens (tertiary/aromatic N) is 3. The summed E-state index contributed by atoms with van der Waals surface area (Å²) in [5.74, 6) is -0.106. The van der Waals surface area contributed by atoms with Crippen LogP contribution in [0.15, 0.2) is 12.3 Å². The number of hydrogen-bond acceptors (Lipinski definition) is 5. The molecule has 0 aliphatic rings. The van der Waals surface area contributed by atoms with Crippen LogP contribution >= 0.6 is 11.6 Å². The number of aromatic nitrogens is 1. The highest BCUT2D eigenvalue weighted by atomic mass is 35.5. The number of anilines is 1. The smallest absolute Gasteiger partial charge is 0.312 e. The van der Waals surface area contributed by atoms with Gasteiger partial charge in [-0.25, -0.2) is 4.98 Å². The fourth-order valence-corrected chi connectivity index (χ4v) is 1.70. The topological polar surface area (TPSA) is 88.4 Å². The van der Waals surface area contributed by atoms with Crippen LogP contribution in [-0.4, -0.2) is 40.3 Å². The Balaban J connectivity index is 2.78. The van der Waals surface area contributed by atoms with E-state index in [1.807, 2.05) is 13.8 Å². The van der Waals surface area contributed by atoms with Crippen LogP contribution in [0, 0.1) is 10.1 Å². The molecule has 0 atom stereocenters. The van der Waals surface area contributed by atoms with E-state index in [1.165, 1.54) is 12.3 Å². The van der Waals surface area contributed by atoms with Crippen LogP contribution in [0.2, 0.25) is 5.02 Å². The summed E-state index contributed by atoms with van der Waals surface area (Å²) in [7, 11) is 0. The Morgan fingerprint density at radius 2 is 2.16 bits per heavy atom. The number of carbonyl (C=O) groups is 1. The highest BCUT2D eigenvalue weighted by Crippen LogP contribution is 2.24. The largest absolute Gasteiger partial charge is 0.355 e. The fraction of sp³-hybridized carbons (Fsp3) is 0.455. The number of rotatable bonds is 6. The molecule has 1 amide bonds. The third-order valence-electron chi connectivity index (χ3n) is 2.55. The van der Waals surface area contributed by atoms with Crippen molar-refractivity contribution in [1.29, 1.82) is 0 Å². The van der Waals surface area contributed by atoms with Crippen molar-refractivity contribution in [3.63, 3.8) is 0 Å². The minimum Gasteiger partial charge on any atom is -0.355 e. The summed E-state index contributed by atoms with van der Waals surface area (Å²) < 4.78 is 0. The van der Waals surface area contributed by atoms with Gasteiger partial charge in [0.15, 0.2) is 0 Å². The molecule has 1 aromatic heterocycles. The van der Waals surface area contributed by atoms with Gasteiger partial charge in [-0.15, -0.1) is 0 Å². The Morgan fingerprint density at radius 3 is 2.68 bits per heavy atom. The maximum atomic E-state index is 11.8. The summed E-state index contributed by atoms with van der Waals surface area (Å²) in [6.07, 6.45) is 1.29. The van der Waals surface area contributed by atoms with Crippen LogP contribution in [0.5, 0.6) is 0 Å². The summed E-state index contributed by atoms with van der Waals surface area (Å²) in [4.78, 5) is 27.5. The summed E-state index contributed by atoms with van der Waals surface area (Å²) in [5.41, 5.74) is -0.250. The van der Waals surface area contributed by atoms with Gasteiger partial charge >= 0.3 is 5.69 Å². The Kier molecular flexibility index (Phi) is 5.50. The van der Waals surface area contributed by atoms with Gasteiger partial charge in [0.2, 0.25) is 11.7 Å². The molecule has 0 aromatic carbocycles. The third-order valence-corrected chi connectivity index (χ3v) is 2.76. The van der Waals surface area contributed by atoms with E-state index in [0.29, 0.717) is 13.1 Å². The van der Waals surface area contributed by atoms with Gasteiger partial charge < -0.3 is 10.2 Å². The zero-order valence-corrected chi connectivity index (χ0v) is 11.5. The monoisotopic (exact) mass is 286 g/mol. The maximum Gasteiger partial charge on any atom is 0.312 e. The molecule has 0 unspecified atom stereocenters. The number of amides is 1. The summed E-state index contributed by atoms with van der Waals surface area (Å²) >= 11 is 5.65. The van der Waals surface area contributed by atoms with Gasteiger partial charge in [0, 0.05) is 25.4 Å². The summed E-state index contributed by atoms with van der Waals surface area (Å²) in [6.45, 7) is 4.87. The second kappa shape index (κ2) is 6.89. The molecule has 7 nitrogen and oxygen atoms in total. The van der Waals surface area contributed by atoms with E-state index < -0.39 is 4.92 Å². The lowest BCUT2D eigenvalue weighted by Gasteiger charge is -2.18. The Hall–Kier alpha value is -1.89. The first-order valence-electron chi connectivity index (χ1n) is 5.81. The molecule has 1 aromatic rings. The normalized spacial score (nSPS) is 10.1. The van der Waals surface area contributed by atoms with E-state index in [1.54, 1.807) is 4.90 Å². The number of hydrogen-bond donors (Lipinski definition) is 1. The SMILES string of the molecule is CCN(CC)C(=O)CNc1ncc(Cl)cc1[N+](=O)[O-]. The highest BCUT2D eigenvalue weighted by molar-refractivity contribution is 6.30. The standard InChI is InChI=1S/C11H15ClN4O3/c1-3-15(4-2)10(17)7-14-11-9(16(18)19)5-8(12)6-13-11/h5-6H,3-4,7H2,1-2H3,(H,13,14). The number of carbonyl (C=O) groups excluding carboxylic acids is 1. The van der Waals surface area contributed by atoms with Gasteiger partial charge in [-0.3, -0.25) is 14.9 Å². The Bertz CT molecular complexity index is 477. The molecule has 1 N–H and O–H groups in total. The van der Waals surface area contributed by atoms with Gasteiger partial charge in [-0.1, -0.05) is 11.6 Å². The molecule has 0 radical (unpaired) electrons. The summed E-state index contributed by atoms with van der Waals surface area (Å²) in [5, 5.41) is 13.7. The zero-order chi connectivity index (χ0) is 14.4. The maximum absolute atomic E-state index is 11.8. The van der Waals surface area contributed by atoms with E-state index in [-0.39, 0.29) is 29.0 Å². The molecule has 0 fully saturated rings. The molecule has 0 aliphatic heterocycles. The van der Waals surface area contributed by atoms with Crippen LogP contribution in [0.3, 0.4) is 0 Å². The average molecular weight is 287 g/mol. The summed E-state index contributed by atoms with van der Waals surface area (Å²) in [6, 6.07) is 1.19. The van der Waals surface area contributed by atoms with Crippen LogP contribution in [-0.2, 0) is 4.79 Å². The minimum atomic E-state index is -0.594. The van der Waals surface area contributed by atoms with Crippen LogP contribution in [0.4, 0.5) is 11.5 Å². The number of halogens is 1. The highest BCUT2D eigenvalue weighted by Gasteiger charge is 2.17. The minimum absolute atomic E-state index is 0.0370. The number of likely N-dealkylation sites (N-methyl/N-ethyl adjacent to an activating group) is 1. The van der Waals surface area contributed by atoms with E-state index in [0.717, 1.165) is 0 Å². The average Bonchev–Trinajstić information content (AvgIpc) is 2.38. The van der Waals surface area contributed by atoms with Crippen molar-refractivity contribution in [1.82, 2.24) is 9.88 Å². The molecule has 8 heteroatoms. The van der Waals surface area contributed by atoms with Crippen molar-refractivity contribution in [2.75, 3.05) is 25.0 Å². The number of nitro groups is 1. The fourth-order valence-electron chi connectivity index (χ4n) is 1.55. The van der Waals surface area contributed by atoms with Crippen molar-refractivity contribution in [2.24, 2.45) is 0 Å². The lowest BCUT2D eigenvalue weighted by molar-refractivity contribution is -0.384. The van der Waals surface area contributed by atoms with E-state index in [9.17, 15) is 14.9 Å². The lowest BCUT2D eigenvalue weighted by atomic mass is 10.3. The molecular formula is C11H15ClN4O3. The van der Waals surface area contributed by atoms with Crippen molar-refractivity contribution < 1.29 is 9.72 Å². The van der Waals surface area contributed by atoms with Crippen molar-refractivity contribution in [3.05, 3.63) is 27.4 Å². The van der Waals surface area contributed by atoms with Gasteiger partial charge in [-0.05, 0) is 13.8 Å². The van der Waals surface area contributed by atoms with Crippen molar-refractivity contribution in [2.45, 2.75) is 13.8 Å². The molecule has 0 bridgehead atoms. The second-order valence-corrected chi connectivity index (χ2v) is 4.13. The molecule has 0 aliphatic carbocycles. The predicted octanol–water partition coefficient (Wildman–Crippen LogP) is 1.92. The molecular weight excluding hydrogens is 272 g/mol. The Morgan fingerprint density at radius 1 is 1.53 bits per heavy atom. The zero-order valence-electron chi connectivity index (χ0n) is 10.7. The molecule has 1 heterocycles. The van der Waals surface area contributed by atoms with Crippen LogP contribution in [0.25, 0.3) is 0 Å². The van der Waals surface area contributed by atoms with Gasteiger partial charge in [0.05, 0.1) is 16.5 Å². The molecule has 104 valence electrons.